The van der Waals surface area contributed by atoms with Crippen molar-refractivity contribution >= 4 is 24.3 Å². The first-order valence-corrected chi connectivity index (χ1v) is 12.9. The Hall–Kier alpha value is -2.02. The Morgan fingerprint density at radius 1 is 1.15 bits per heavy atom. The van der Waals surface area contributed by atoms with Gasteiger partial charge in [-0.2, -0.15) is 0 Å². The number of piperidine rings is 1. The fourth-order valence-corrected chi connectivity index (χ4v) is 5.47. The number of thioether (sulfide) groups is 1. The maximum atomic E-state index is 14.9. The minimum atomic E-state index is -0.183. The maximum absolute atomic E-state index is 14.9. The number of likely N-dealkylation sites (tertiary alicyclic amines) is 1. The van der Waals surface area contributed by atoms with Crippen molar-refractivity contribution in [2.75, 3.05) is 20.1 Å². The van der Waals surface area contributed by atoms with Crippen LogP contribution in [-0.2, 0) is 23.6 Å². The highest BCUT2D eigenvalue weighted by Crippen LogP contribution is 2.30. The summed E-state index contributed by atoms with van der Waals surface area (Å²) in [6.07, 6.45) is 7.26. The molecule has 0 aliphatic carbocycles. The number of nitrogens with zero attached hydrogens (tertiary/aromatic N) is 2. The highest BCUT2D eigenvalue weighted by molar-refractivity contribution is 7.98. The Bertz CT molecular complexity index is 930. The molecule has 3 rings (SSSR count). The standard InChI is InChI=1S/C27H35FN2O2S/c1-3-8-24(19-32)29(2)17-25-22(18-31)9-7-10-27(25)33-20-23-12-11-21(15-26(23)28)16-30-13-5-4-6-14-30/h7,9-12,15,18-19,24H,3-6,8,13-14,16-17,20H2,1-2H3. The molecule has 1 saturated heterocycles. The van der Waals surface area contributed by atoms with Crippen LogP contribution in [0.15, 0.2) is 41.3 Å². The Morgan fingerprint density at radius 3 is 2.61 bits per heavy atom. The number of likely N-dealkylation sites (N-methyl/N-ethyl adjacent to an activating group) is 1. The largest absolute Gasteiger partial charge is 0.302 e. The van der Waals surface area contributed by atoms with Crippen LogP contribution < -0.4 is 0 Å². The van der Waals surface area contributed by atoms with E-state index in [1.165, 1.54) is 31.0 Å². The van der Waals surface area contributed by atoms with E-state index in [4.69, 9.17) is 0 Å². The van der Waals surface area contributed by atoms with Gasteiger partial charge in [-0.05, 0) is 68.2 Å². The summed E-state index contributed by atoms with van der Waals surface area (Å²) in [5.41, 5.74) is 3.19. The van der Waals surface area contributed by atoms with Gasteiger partial charge in [0.15, 0.2) is 0 Å². The molecule has 178 valence electrons. The minimum Gasteiger partial charge on any atom is -0.302 e. The smallest absolute Gasteiger partial charge is 0.150 e. The summed E-state index contributed by atoms with van der Waals surface area (Å²) in [5.74, 6) is 0.312. The number of hydrogen-bond acceptors (Lipinski definition) is 5. The fraction of sp³-hybridized carbons (Fsp3) is 0.481. The third kappa shape index (κ3) is 7.23. The van der Waals surface area contributed by atoms with Crippen LogP contribution in [0.25, 0.3) is 0 Å². The first-order chi connectivity index (χ1) is 16.0. The van der Waals surface area contributed by atoms with Gasteiger partial charge in [-0.1, -0.05) is 44.0 Å². The molecular formula is C27H35FN2O2S. The number of benzene rings is 2. The summed E-state index contributed by atoms with van der Waals surface area (Å²) in [5, 5.41) is 0. The molecule has 4 nitrogen and oxygen atoms in total. The molecule has 0 aromatic heterocycles. The lowest BCUT2D eigenvalue weighted by atomic mass is 10.1. The van der Waals surface area contributed by atoms with E-state index >= 15 is 0 Å². The van der Waals surface area contributed by atoms with E-state index in [2.05, 4.69) is 11.8 Å². The molecular weight excluding hydrogens is 435 g/mol. The molecule has 2 aromatic carbocycles. The first kappa shape index (κ1) is 25.6. The van der Waals surface area contributed by atoms with E-state index in [1.807, 2.05) is 36.2 Å². The molecule has 1 heterocycles. The van der Waals surface area contributed by atoms with Crippen molar-refractivity contribution < 1.29 is 14.0 Å². The van der Waals surface area contributed by atoms with Crippen LogP contribution in [0.3, 0.4) is 0 Å². The molecule has 1 aliphatic rings. The molecule has 33 heavy (non-hydrogen) atoms. The Balaban J connectivity index is 1.70. The van der Waals surface area contributed by atoms with Crippen molar-refractivity contribution in [2.24, 2.45) is 0 Å². The van der Waals surface area contributed by atoms with E-state index in [0.717, 1.165) is 61.1 Å². The van der Waals surface area contributed by atoms with E-state index < -0.39 is 0 Å². The molecule has 2 aromatic rings. The van der Waals surface area contributed by atoms with E-state index in [0.29, 0.717) is 23.4 Å². The second-order valence-electron chi connectivity index (χ2n) is 8.90. The molecule has 1 aliphatic heterocycles. The maximum Gasteiger partial charge on any atom is 0.150 e. The van der Waals surface area contributed by atoms with Gasteiger partial charge >= 0.3 is 0 Å². The molecule has 1 atom stereocenters. The molecule has 0 bridgehead atoms. The SMILES string of the molecule is CCCC(C=O)N(C)Cc1c(C=O)cccc1SCc1ccc(CN2CCCCC2)cc1F. The quantitative estimate of drug-likeness (QED) is 0.293. The summed E-state index contributed by atoms with van der Waals surface area (Å²) < 4.78 is 14.9. The lowest BCUT2D eigenvalue weighted by Crippen LogP contribution is -2.32. The second kappa shape index (κ2) is 13.0. The minimum absolute atomic E-state index is 0.175. The van der Waals surface area contributed by atoms with Crippen molar-refractivity contribution in [1.82, 2.24) is 9.80 Å². The van der Waals surface area contributed by atoms with Crippen molar-refractivity contribution in [3.05, 3.63) is 64.5 Å². The van der Waals surface area contributed by atoms with Gasteiger partial charge in [0.2, 0.25) is 0 Å². The lowest BCUT2D eigenvalue weighted by Gasteiger charge is -2.26. The third-order valence-electron chi connectivity index (χ3n) is 6.37. The average molecular weight is 471 g/mol. The Kier molecular flexibility index (Phi) is 10.1. The molecule has 0 N–H and O–H groups in total. The predicted octanol–water partition coefficient (Wildman–Crippen LogP) is 5.72. The van der Waals surface area contributed by atoms with Crippen LogP contribution in [0, 0.1) is 5.82 Å². The van der Waals surface area contributed by atoms with Gasteiger partial charge in [-0.15, -0.1) is 11.8 Å². The second-order valence-corrected chi connectivity index (χ2v) is 9.92. The van der Waals surface area contributed by atoms with Crippen molar-refractivity contribution in [2.45, 2.75) is 68.8 Å². The van der Waals surface area contributed by atoms with Crippen molar-refractivity contribution in [3.8, 4) is 0 Å². The zero-order chi connectivity index (χ0) is 23.6. The lowest BCUT2D eigenvalue weighted by molar-refractivity contribution is -0.112. The van der Waals surface area contributed by atoms with E-state index in [9.17, 15) is 14.0 Å². The van der Waals surface area contributed by atoms with Gasteiger partial charge in [0.25, 0.3) is 0 Å². The van der Waals surface area contributed by atoms with Crippen LogP contribution in [-0.4, -0.2) is 48.6 Å². The van der Waals surface area contributed by atoms with E-state index in [-0.39, 0.29) is 11.9 Å². The van der Waals surface area contributed by atoms with Gasteiger partial charge in [0, 0.05) is 29.3 Å². The van der Waals surface area contributed by atoms with Gasteiger partial charge in [-0.25, -0.2) is 4.39 Å². The summed E-state index contributed by atoms with van der Waals surface area (Å²) in [6.45, 7) is 5.53. The molecule has 0 radical (unpaired) electrons. The van der Waals surface area contributed by atoms with Gasteiger partial charge < -0.3 is 4.79 Å². The number of rotatable bonds is 12. The van der Waals surface area contributed by atoms with Crippen molar-refractivity contribution in [1.29, 1.82) is 0 Å². The highest BCUT2D eigenvalue weighted by atomic mass is 32.2. The molecule has 1 fully saturated rings. The Labute approximate surface area is 201 Å². The number of aldehydes is 2. The fourth-order valence-electron chi connectivity index (χ4n) is 4.39. The third-order valence-corrected chi connectivity index (χ3v) is 7.52. The van der Waals surface area contributed by atoms with Gasteiger partial charge in [0.05, 0.1) is 6.04 Å². The molecule has 0 spiro atoms. The summed E-state index contributed by atoms with van der Waals surface area (Å²) >= 11 is 1.54. The zero-order valence-corrected chi connectivity index (χ0v) is 20.6. The zero-order valence-electron chi connectivity index (χ0n) is 19.8. The normalized spacial score (nSPS) is 15.5. The van der Waals surface area contributed by atoms with Crippen LogP contribution >= 0.6 is 11.8 Å². The number of carbonyl (C=O) groups excluding carboxylic acids is 2. The molecule has 0 saturated carbocycles. The number of carbonyl (C=O) groups is 2. The summed E-state index contributed by atoms with van der Waals surface area (Å²) in [6, 6.07) is 11.0. The molecule has 1 unspecified atom stereocenters. The van der Waals surface area contributed by atoms with Gasteiger partial charge in [-0.3, -0.25) is 14.6 Å². The monoisotopic (exact) mass is 470 g/mol. The topological polar surface area (TPSA) is 40.6 Å². The Morgan fingerprint density at radius 2 is 1.94 bits per heavy atom. The van der Waals surface area contributed by atoms with Crippen LogP contribution in [0.4, 0.5) is 4.39 Å². The summed E-state index contributed by atoms with van der Waals surface area (Å²) in [4.78, 5) is 28.5. The summed E-state index contributed by atoms with van der Waals surface area (Å²) in [7, 11) is 1.91. The molecule has 6 heteroatoms. The predicted molar refractivity (Wildman–Crippen MR) is 133 cm³/mol. The van der Waals surface area contributed by atoms with Crippen LogP contribution in [0.1, 0.15) is 66.1 Å². The van der Waals surface area contributed by atoms with Crippen LogP contribution in [0.5, 0.6) is 0 Å². The number of halogens is 1. The van der Waals surface area contributed by atoms with Crippen LogP contribution in [0.2, 0.25) is 0 Å². The molecule has 0 amide bonds. The van der Waals surface area contributed by atoms with E-state index in [1.54, 1.807) is 12.1 Å². The van der Waals surface area contributed by atoms with Gasteiger partial charge in [0.1, 0.15) is 18.4 Å². The van der Waals surface area contributed by atoms with Crippen molar-refractivity contribution in [3.63, 3.8) is 0 Å². The number of hydrogen-bond donors (Lipinski definition) is 0. The average Bonchev–Trinajstić information content (AvgIpc) is 2.83. The first-order valence-electron chi connectivity index (χ1n) is 11.9. The highest BCUT2D eigenvalue weighted by Gasteiger charge is 2.18.